The number of halogens is 1. The summed E-state index contributed by atoms with van der Waals surface area (Å²) in [6.45, 7) is 0. The van der Waals surface area contributed by atoms with Crippen LogP contribution in [0.3, 0.4) is 0 Å². The summed E-state index contributed by atoms with van der Waals surface area (Å²) in [5, 5.41) is 12.8. The Bertz CT molecular complexity index is 1330. The van der Waals surface area contributed by atoms with Crippen molar-refractivity contribution in [3.63, 3.8) is 0 Å². The first-order valence-corrected chi connectivity index (χ1v) is 11.8. The summed E-state index contributed by atoms with van der Waals surface area (Å²) >= 11 is 6.25. The lowest BCUT2D eigenvalue weighted by molar-refractivity contribution is 0.462. The van der Waals surface area contributed by atoms with Crippen LogP contribution in [0, 0.1) is 0 Å². The Balaban J connectivity index is 1.72. The zero-order chi connectivity index (χ0) is 20.7. The van der Waals surface area contributed by atoms with Gasteiger partial charge in [0, 0.05) is 16.5 Å². The maximum atomic E-state index is 13.2. The summed E-state index contributed by atoms with van der Waals surface area (Å²) in [6.07, 6.45) is 5.69. The van der Waals surface area contributed by atoms with Crippen LogP contribution < -0.4 is 5.32 Å². The van der Waals surface area contributed by atoms with Gasteiger partial charge >= 0.3 is 0 Å². The molecule has 0 unspecified atom stereocenters. The first kappa shape index (κ1) is 19.3. The van der Waals surface area contributed by atoms with E-state index in [2.05, 4.69) is 20.6 Å². The van der Waals surface area contributed by atoms with Crippen molar-refractivity contribution in [3.05, 3.63) is 53.6 Å². The molecular formula is C21H20ClN5O2S. The molecule has 0 amide bonds. The molecule has 1 saturated carbocycles. The van der Waals surface area contributed by atoms with Crippen molar-refractivity contribution in [2.24, 2.45) is 0 Å². The molecular weight excluding hydrogens is 422 g/mol. The maximum Gasteiger partial charge on any atom is 0.229 e. The monoisotopic (exact) mass is 441 g/mol. The molecule has 154 valence electrons. The van der Waals surface area contributed by atoms with E-state index < -0.39 is 9.84 Å². The van der Waals surface area contributed by atoms with Crippen LogP contribution in [0.2, 0.25) is 5.02 Å². The fraction of sp³-hybridized carbons (Fsp3) is 0.286. The second-order valence-corrected chi connectivity index (χ2v) is 9.85. The van der Waals surface area contributed by atoms with Crippen LogP contribution in [0.15, 0.2) is 58.5 Å². The van der Waals surface area contributed by atoms with Gasteiger partial charge in [0.2, 0.25) is 14.9 Å². The molecule has 1 aliphatic carbocycles. The lowest BCUT2D eigenvalue weighted by Crippen LogP contribution is -2.23. The predicted molar refractivity (Wildman–Crippen MR) is 116 cm³/mol. The average Bonchev–Trinajstić information content (AvgIpc) is 3.20. The predicted octanol–water partition coefficient (Wildman–Crippen LogP) is 4.51. The number of nitrogens with one attached hydrogen (secondary N) is 1. The van der Waals surface area contributed by atoms with Crippen LogP contribution >= 0.6 is 11.6 Å². The minimum atomic E-state index is -3.86. The smallest absolute Gasteiger partial charge is 0.229 e. The summed E-state index contributed by atoms with van der Waals surface area (Å²) in [7, 11) is -3.86. The van der Waals surface area contributed by atoms with Crippen LogP contribution in [-0.4, -0.2) is 34.3 Å². The Morgan fingerprint density at radius 2 is 1.80 bits per heavy atom. The number of hydrogen-bond donors (Lipinski definition) is 1. The zero-order valence-electron chi connectivity index (χ0n) is 16.1. The highest BCUT2D eigenvalue weighted by atomic mass is 35.5. The average molecular weight is 442 g/mol. The number of benzene rings is 2. The fourth-order valence-electron chi connectivity index (χ4n) is 4.00. The molecule has 9 heteroatoms. The number of anilines is 1. The van der Waals surface area contributed by atoms with E-state index in [1.807, 2.05) is 12.1 Å². The topological polar surface area (TPSA) is 89.2 Å². The van der Waals surface area contributed by atoms with Gasteiger partial charge in [0.25, 0.3) is 0 Å². The Kier molecular flexibility index (Phi) is 4.83. The Morgan fingerprint density at radius 1 is 1.03 bits per heavy atom. The van der Waals surface area contributed by atoms with E-state index in [-0.39, 0.29) is 15.6 Å². The fourth-order valence-corrected chi connectivity index (χ4v) is 5.43. The molecule has 30 heavy (non-hydrogen) atoms. The van der Waals surface area contributed by atoms with Gasteiger partial charge in [-0.05, 0) is 43.2 Å². The SMILES string of the molecule is O=S(=O)(c1ccccc1)c1nnn2c1nc(NC1CCCCC1)c1cc(Cl)ccc12. The Labute approximate surface area is 179 Å². The van der Waals surface area contributed by atoms with Crippen molar-refractivity contribution in [3.8, 4) is 0 Å². The number of hydrogen-bond acceptors (Lipinski definition) is 6. The summed E-state index contributed by atoms with van der Waals surface area (Å²) in [4.78, 5) is 4.84. The summed E-state index contributed by atoms with van der Waals surface area (Å²) in [5.74, 6) is 0.610. The first-order valence-electron chi connectivity index (χ1n) is 9.95. The van der Waals surface area contributed by atoms with Crippen LogP contribution in [0.5, 0.6) is 0 Å². The van der Waals surface area contributed by atoms with E-state index in [0.29, 0.717) is 22.4 Å². The highest BCUT2D eigenvalue weighted by Crippen LogP contribution is 2.31. The molecule has 1 N–H and O–H groups in total. The highest BCUT2D eigenvalue weighted by Gasteiger charge is 2.27. The van der Waals surface area contributed by atoms with Crippen LogP contribution in [-0.2, 0) is 9.84 Å². The summed E-state index contributed by atoms with van der Waals surface area (Å²) in [5.41, 5.74) is 0.900. The lowest BCUT2D eigenvalue weighted by Gasteiger charge is -2.24. The molecule has 4 aromatic rings. The molecule has 0 atom stereocenters. The molecule has 0 aliphatic heterocycles. The minimum absolute atomic E-state index is 0.155. The van der Waals surface area contributed by atoms with Gasteiger partial charge in [-0.15, -0.1) is 5.10 Å². The lowest BCUT2D eigenvalue weighted by atomic mass is 9.95. The molecule has 5 rings (SSSR count). The third-order valence-electron chi connectivity index (χ3n) is 5.53. The third kappa shape index (κ3) is 3.30. The van der Waals surface area contributed by atoms with Gasteiger partial charge in [-0.3, -0.25) is 0 Å². The van der Waals surface area contributed by atoms with E-state index in [1.165, 1.54) is 23.8 Å². The van der Waals surface area contributed by atoms with Gasteiger partial charge in [-0.25, -0.2) is 13.4 Å². The van der Waals surface area contributed by atoms with E-state index >= 15 is 0 Å². The number of nitrogens with zero attached hydrogens (tertiary/aromatic N) is 4. The van der Waals surface area contributed by atoms with Crippen LogP contribution in [0.1, 0.15) is 32.1 Å². The number of fused-ring (bicyclic) bond motifs is 3. The highest BCUT2D eigenvalue weighted by molar-refractivity contribution is 7.91. The van der Waals surface area contributed by atoms with Gasteiger partial charge in [-0.2, -0.15) is 4.52 Å². The molecule has 2 heterocycles. The van der Waals surface area contributed by atoms with Crippen LogP contribution in [0.4, 0.5) is 5.82 Å². The van der Waals surface area contributed by atoms with E-state index in [0.717, 1.165) is 18.2 Å². The molecule has 2 aromatic heterocycles. The molecule has 1 aliphatic rings. The van der Waals surface area contributed by atoms with Crippen molar-refractivity contribution in [2.75, 3.05) is 5.32 Å². The van der Waals surface area contributed by atoms with Gasteiger partial charge in [0.05, 0.1) is 10.4 Å². The van der Waals surface area contributed by atoms with Crippen molar-refractivity contribution in [1.82, 2.24) is 19.8 Å². The minimum Gasteiger partial charge on any atom is -0.367 e. The van der Waals surface area contributed by atoms with Crippen molar-refractivity contribution < 1.29 is 8.42 Å². The van der Waals surface area contributed by atoms with Gasteiger partial charge < -0.3 is 5.32 Å². The van der Waals surface area contributed by atoms with Gasteiger partial charge in [-0.1, -0.05) is 54.3 Å². The Hall–Kier alpha value is -2.71. The van der Waals surface area contributed by atoms with Crippen molar-refractivity contribution in [2.45, 2.75) is 48.1 Å². The summed E-state index contributed by atoms with van der Waals surface area (Å²) < 4.78 is 27.9. The van der Waals surface area contributed by atoms with Crippen molar-refractivity contribution in [1.29, 1.82) is 0 Å². The number of sulfone groups is 1. The molecule has 1 fully saturated rings. The molecule has 0 saturated heterocycles. The maximum absolute atomic E-state index is 13.2. The Morgan fingerprint density at radius 3 is 2.57 bits per heavy atom. The van der Waals surface area contributed by atoms with Gasteiger partial charge in [0.15, 0.2) is 5.65 Å². The van der Waals surface area contributed by atoms with E-state index in [4.69, 9.17) is 11.6 Å². The quantitative estimate of drug-likeness (QED) is 0.501. The second kappa shape index (κ2) is 7.52. The largest absolute Gasteiger partial charge is 0.367 e. The number of rotatable bonds is 4. The van der Waals surface area contributed by atoms with Gasteiger partial charge in [0.1, 0.15) is 5.82 Å². The normalized spacial score (nSPS) is 15.6. The molecule has 0 radical (unpaired) electrons. The van der Waals surface area contributed by atoms with E-state index in [1.54, 1.807) is 36.4 Å². The third-order valence-corrected chi connectivity index (χ3v) is 7.43. The second-order valence-electron chi connectivity index (χ2n) is 7.55. The summed E-state index contributed by atoms with van der Waals surface area (Å²) in [6, 6.07) is 13.9. The molecule has 0 bridgehead atoms. The number of aromatic nitrogens is 4. The molecule has 0 spiro atoms. The first-order chi connectivity index (χ1) is 14.5. The molecule has 7 nitrogen and oxygen atoms in total. The zero-order valence-corrected chi connectivity index (χ0v) is 17.7. The van der Waals surface area contributed by atoms with Crippen LogP contribution in [0.25, 0.3) is 16.6 Å². The molecule has 2 aromatic carbocycles. The van der Waals surface area contributed by atoms with E-state index in [9.17, 15) is 8.42 Å². The standard InChI is InChI=1S/C21H20ClN5O2S/c22-14-11-12-18-17(13-14)19(23-15-7-3-1-4-8-15)24-20-21(25-26-27(18)20)30(28,29)16-9-5-2-6-10-16/h2,5-6,9-13,15H,1,3-4,7-8H2,(H,23,24). The van der Waals surface area contributed by atoms with Crippen molar-refractivity contribution >= 4 is 43.8 Å².